The first kappa shape index (κ1) is 13.2. The van der Waals surface area contributed by atoms with E-state index in [-0.39, 0.29) is 0 Å². The number of nitrogens with one attached hydrogen (secondary N) is 1. The van der Waals surface area contributed by atoms with E-state index in [4.69, 9.17) is 0 Å². The van der Waals surface area contributed by atoms with Crippen LogP contribution in [0.15, 0.2) is 35.7 Å². The zero-order valence-electron chi connectivity index (χ0n) is 10.9. The average molecular weight is 261 g/mol. The quantitative estimate of drug-likeness (QED) is 0.810. The molecule has 0 radical (unpaired) electrons. The van der Waals surface area contributed by atoms with Crippen molar-refractivity contribution in [1.82, 2.24) is 15.2 Å². The standard InChI is InChI=1S/C14H19N3S/c1-17(2)9-8-15-10-14-16-13(11-18-14)12-6-4-3-5-7-12/h3-7,11,15H,8-10H2,1-2H3. The van der Waals surface area contributed by atoms with Gasteiger partial charge in [-0.3, -0.25) is 0 Å². The van der Waals surface area contributed by atoms with Crippen molar-refractivity contribution in [2.24, 2.45) is 0 Å². The number of benzene rings is 1. The summed E-state index contributed by atoms with van der Waals surface area (Å²) in [4.78, 5) is 6.81. The van der Waals surface area contributed by atoms with Crippen molar-refractivity contribution in [2.75, 3.05) is 27.2 Å². The minimum Gasteiger partial charge on any atom is -0.309 e. The van der Waals surface area contributed by atoms with E-state index < -0.39 is 0 Å². The third-order valence-electron chi connectivity index (χ3n) is 2.63. The van der Waals surface area contributed by atoms with Crippen molar-refractivity contribution in [3.63, 3.8) is 0 Å². The summed E-state index contributed by atoms with van der Waals surface area (Å²) >= 11 is 1.72. The molecule has 18 heavy (non-hydrogen) atoms. The molecular formula is C14H19N3S. The molecule has 0 aliphatic rings. The molecule has 0 fully saturated rings. The minimum absolute atomic E-state index is 0.853. The molecule has 3 nitrogen and oxygen atoms in total. The third-order valence-corrected chi connectivity index (χ3v) is 3.48. The lowest BCUT2D eigenvalue weighted by atomic mass is 10.2. The zero-order valence-corrected chi connectivity index (χ0v) is 11.7. The van der Waals surface area contributed by atoms with Crippen molar-refractivity contribution >= 4 is 11.3 Å². The summed E-state index contributed by atoms with van der Waals surface area (Å²) in [5, 5.41) is 6.67. The Morgan fingerprint density at radius 1 is 1.22 bits per heavy atom. The van der Waals surface area contributed by atoms with Gasteiger partial charge in [-0.2, -0.15) is 0 Å². The van der Waals surface area contributed by atoms with Crippen LogP contribution in [0, 0.1) is 0 Å². The fraction of sp³-hybridized carbons (Fsp3) is 0.357. The lowest BCUT2D eigenvalue weighted by Crippen LogP contribution is -2.26. The summed E-state index contributed by atoms with van der Waals surface area (Å²) in [5.74, 6) is 0. The number of aromatic nitrogens is 1. The molecule has 0 aliphatic heterocycles. The summed E-state index contributed by atoms with van der Waals surface area (Å²) in [6, 6.07) is 10.3. The van der Waals surface area contributed by atoms with Crippen molar-refractivity contribution in [3.8, 4) is 11.3 Å². The van der Waals surface area contributed by atoms with Crippen LogP contribution in [0.4, 0.5) is 0 Å². The van der Waals surface area contributed by atoms with Gasteiger partial charge < -0.3 is 10.2 Å². The molecule has 0 spiro atoms. The van der Waals surface area contributed by atoms with Gasteiger partial charge >= 0.3 is 0 Å². The lowest BCUT2D eigenvalue weighted by molar-refractivity contribution is 0.400. The van der Waals surface area contributed by atoms with Crippen molar-refractivity contribution in [2.45, 2.75) is 6.54 Å². The molecule has 1 N–H and O–H groups in total. The first-order valence-electron chi connectivity index (χ1n) is 6.11. The summed E-state index contributed by atoms with van der Waals surface area (Å²) in [6.07, 6.45) is 0. The fourth-order valence-corrected chi connectivity index (χ4v) is 2.40. The molecule has 0 aliphatic carbocycles. The van der Waals surface area contributed by atoms with Gasteiger partial charge in [0, 0.05) is 30.6 Å². The summed E-state index contributed by atoms with van der Waals surface area (Å²) in [5.41, 5.74) is 2.26. The Labute approximate surface area is 112 Å². The minimum atomic E-state index is 0.853. The van der Waals surface area contributed by atoms with E-state index in [1.807, 2.05) is 18.2 Å². The maximum atomic E-state index is 4.64. The fourth-order valence-electron chi connectivity index (χ4n) is 1.63. The average Bonchev–Trinajstić information content (AvgIpc) is 2.84. The highest BCUT2D eigenvalue weighted by Crippen LogP contribution is 2.21. The van der Waals surface area contributed by atoms with Gasteiger partial charge in [-0.05, 0) is 14.1 Å². The van der Waals surface area contributed by atoms with Gasteiger partial charge in [0.25, 0.3) is 0 Å². The molecule has 0 amide bonds. The van der Waals surface area contributed by atoms with Crippen molar-refractivity contribution in [3.05, 3.63) is 40.7 Å². The SMILES string of the molecule is CN(C)CCNCc1nc(-c2ccccc2)cs1. The third kappa shape index (κ3) is 3.91. The molecule has 96 valence electrons. The van der Waals surface area contributed by atoms with Gasteiger partial charge in [-0.25, -0.2) is 4.98 Å². The van der Waals surface area contributed by atoms with E-state index in [0.717, 1.165) is 30.3 Å². The second kappa shape index (κ2) is 6.64. The molecule has 1 aromatic carbocycles. The van der Waals surface area contributed by atoms with Gasteiger partial charge in [0.05, 0.1) is 5.69 Å². The first-order chi connectivity index (χ1) is 8.75. The molecule has 1 aromatic heterocycles. The Hall–Kier alpha value is -1.23. The number of nitrogens with zero attached hydrogens (tertiary/aromatic N) is 2. The lowest BCUT2D eigenvalue weighted by Gasteiger charge is -2.09. The molecule has 0 bridgehead atoms. The van der Waals surface area contributed by atoms with E-state index in [0.29, 0.717) is 0 Å². The van der Waals surface area contributed by atoms with Crippen LogP contribution in [0.25, 0.3) is 11.3 Å². The molecule has 0 unspecified atom stereocenters. The molecule has 2 aromatic rings. The number of likely N-dealkylation sites (N-methyl/N-ethyl adjacent to an activating group) is 1. The van der Waals surface area contributed by atoms with Gasteiger partial charge in [-0.15, -0.1) is 11.3 Å². The van der Waals surface area contributed by atoms with E-state index in [1.54, 1.807) is 11.3 Å². The van der Waals surface area contributed by atoms with E-state index in [9.17, 15) is 0 Å². The van der Waals surface area contributed by atoms with Crippen LogP contribution in [-0.4, -0.2) is 37.1 Å². The highest BCUT2D eigenvalue weighted by molar-refractivity contribution is 7.09. The zero-order chi connectivity index (χ0) is 12.8. The normalized spacial score (nSPS) is 11.1. The Morgan fingerprint density at radius 2 is 2.00 bits per heavy atom. The highest BCUT2D eigenvalue weighted by atomic mass is 32.1. The molecule has 1 heterocycles. The molecule has 0 saturated heterocycles. The molecule has 0 atom stereocenters. The monoisotopic (exact) mass is 261 g/mol. The second-order valence-electron chi connectivity index (χ2n) is 4.47. The van der Waals surface area contributed by atoms with E-state index in [2.05, 4.69) is 46.8 Å². The number of hydrogen-bond donors (Lipinski definition) is 1. The van der Waals surface area contributed by atoms with Crippen LogP contribution in [0.3, 0.4) is 0 Å². The smallest absolute Gasteiger partial charge is 0.107 e. The number of rotatable bonds is 6. The van der Waals surface area contributed by atoms with E-state index >= 15 is 0 Å². The van der Waals surface area contributed by atoms with Crippen LogP contribution in [0.5, 0.6) is 0 Å². The van der Waals surface area contributed by atoms with Crippen LogP contribution in [0.1, 0.15) is 5.01 Å². The molecule has 0 saturated carbocycles. The Balaban J connectivity index is 1.87. The Bertz CT molecular complexity index is 465. The van der Waals surface area contributed by atoms with Gasteiger partial charge in [-0.1, -0.05) is 30.3 Å². The number of thiazole rings is 1. The van der Waals surface area contributed by atoms with Gasteiger partial charge in [0.15, 0.2) is 0 Å². The summed E-state index contributed by atoms with van der Waals surface area (Å²) < 4.78 is 0. The highest BCUT2D eigenvalue weighted by Gasteiger charge is 2.03. The van der Waals surface area contributed by atoms with Gasteiger partial charge in [0.1, 0.15) is 5.01 Å². The summed E-state index contributed by atoms with van der Waals surface area (Å²) in [6.45, 7) is 2.90. The molecule has 4 heteroatoms. The Morgan fingerprint density at radius 3 is 2.72 bits per heavy atom. The maximum absolute atomic E-state index is 4.64. The molecular weight excluding hydrogens is 242 g/mol. The predicted octanol–water partition coefficient (Wildman–Crippen LogP) is 2.46. The largest absolute Gasteiger partial charge is 0.309 e. The molecule has 2 rings (SSSR count). The van der Waals surface area contributed by atoms with Gasteiger partial charge in [0.2, 0.25) is 0 Å². The van der Waals surface area contributed by atoms with Crippen LogP contribution < -0.4 is 5.32 Å². The van der Waals surface area contributed by atoms with Crippen LogP contribution in [-0.2, 0) is 6.54 Å². The predicted molar refractivity (Wildman–Crippen MR) is 77.8 cm³/mol. The Kier molecular flexibility index (Phi) is 4.87. The number of hydrogen-bond acceptors (Lipinski definition) is 4. The first-order valence-corrected chi connectivity index (χ1v) is 6.99. The summed E-state index contributed by atoms with van der Waals surface area (Å²) in [7, 11) is 4.16. The van der Waals surface area contributed by atoms with E-state index in [1.165, 1.54) is 5.56 Å². The van der Waals surface area contributed by atoms with Crippen LogP contribution in [0.2, 0.25) is 0 Å². The second-order valence-corrected chi connectivity index (χ2v) is 5.42. The van der Waals surface area contributed by atoms with Crippen LogP contribution >= 0.6 is 11.3 Å². The van der Waals surface area contributed by atoms with Crippen molar-refractivity contribution < 1.29 is 0 Å². The topological polar surface area (TPSA) is 28.2 Å². The maximum Gasteiger partial charge on any atom is 0.107 e. The van der Waals surface area contributed by atoms with Crippen molar-refractivity contribution in [1.29, 1.82) is 0 Å².